The van der Waals surface area contributed by atoms with Crippen LogP contribution in [-0.2, 0) is 0 Å². The van der Waals surface area contributed by atoms with Gasteiger partial charge in [-0.1, -0.05) is 11.6 Å². The van der Waals surface area contributed by atoms with Gasteiger partial charge in [0.25, 0.3) is 0 Å². The Labute approximate surface area is 119 Å². The first-order valence-electron chi connectivity index (χ1n) is 5.81. The molecule has 20 heavy (non-hydrogen) atoms. The molecule has 8 heteroatoms. The van der Waals surface area contributed by atoms with Gasteiger partial charge < -0.3 is 20.3 Å². The number of halogens is 4. The second-order valence-electron chi connectivity index (χ2n) is 4.13. The van der Waals surface area contributed by atoms with Crippen LogP contribution >= 0.6 is 11.6 Å². The molecule has 0 saturated carbocycles. The van der Waals surface area contributed by atoms with Crippen LogP contribution < -0.4 is 10.1 Å². The molecule has 0 saturated heterocycles. The summed E-state index contributed by atoms with van der Waals surface area (Å²) < 4.78 is 41.2. The number of benzene rings is 1. The van der Waals surface area contributed by atoms with E-state index in [1.165, 1.54) is 0 Å². The summed E-state index contributed by atoms with van der Waals surface area (Å²) in [5.74, 6) is 0.490. The lowest BCUT2D eigenvalue weighted by molar-refractivity contribution is -0.202. The van der Waals surface area contributed by atoms with Gasteiger partial charge in [0.2, 0.25) is 0 Å². The highest BCUT2D eigenvalue weighted by molar-refractivity contribution is 6.30. The van der Waals surface area contributed by atoms with E-state index >= 15 is 0 Å². The van der Waals surface area contributed by atoms with Gasteiger partial charge in [-0.3, -0.25) is 0 Å². The number of nitrogens with one attached hydrogen (secondary N) is 1. The third kappa shape index (κ3) is 6.42. The first-order valence-corrected chi connectivity index (χ1v) is 6.18. The first kappa shape index (κ1) is 17.0. The van der Waals surface area contributed by atoms with E-state index in [1.807, 2.05) is 0 Å². The van der Waals surface area contributed by atoms with Crippen molar-refractivity contribution in [2.24, 2.45) is 0 Å². The van der Waals surface area contributed by atoms with Crippen molar-refractivity contribution in [3.8, 4) is 5.75 Å². The molecule has 2 unspecified atom stereocenters. The molecule has 0 aliphatic carbocycles. The van der Waals surface area contributed by atoms with Gasteiger partial charge in [0, 0.05) is 18.1 Å². The molecule has 4 nitrogen and oxygen atoms in total. The van der Waals surface area contributed by atoms with Crippen LogP contribution in [0.4, 0.5) is 13.2 Å². The van der Waals surface area contributed by atoms with Crippen molar-refractivity contribution in [3.63, 3.8) is 0 Å². The average Bonchev–Trinajstić information content (AvgIpc) is 2.37. The molecule has 0 spiro atoms. The molecule has 3 N–H and O–H groups in total. The second kappa shape index (κ2) is 7.68. The van der Waals surface area contributed by atoms with Crippen molar-refractivity contribution in [1.29, 1.82) is 0 Å². The van der Waals surface area contributed by atoms with Crippen molar-refractivity contribution in [2.75, 3.05) is 19.7 Å². The van der Waals surface area contributed by atoms with Gasteiger partial charge >= 0.3 is 6.18 Å². The van der Waals surface area contributed by atoms with E-state index in [9.17, 15) is 18.3 Å². The molecule has 1 rings (SSSR count). The van der Waals surface area contributed by atoms with Crippen molar-refractivity contribution < 1.29 is 28.1 Å². The average molecular weight is 314 g/mol. The molecular formula is C12H15ClF3NO3. The molecule has 0 aliphatic heterocycles. The number of hydrogen-bond donors (Lipinski definition) is 3. The summed E-state index contributed by atoms with van der Waals surface area (Å²) in [6.07, 6.45) is -8.12. The molecule has 0 aliphatic rings. The van der Waals surface area contributed by atoms with E-state index in [0.29, 0.717) is 10.8 Å². The van der Waals surface area contributed by atoms with Crippen LogP contribution in [0.2, 0.25) is 5.02 Å². The summed E-state index contributed by atoms with van der Waals surface area (Å²) in [5.41, 5.74) is 0. The van der Waals surface area contributed by atoms with E-state index in [2.05, 4.69) is 5.32 Å². The number of hydrogen-bond acceptors (Lipinski definition) is 4. The Hall–Kier alpha value is -1.02. The summed E-state index contributed by atoms with van der Waals surface area (Å²) in [5, 5.41) is 21.1. The van der Waals surface area contributed by atoms with Crippen LogP contribution in [-0.4, -0.2) is 48.3 Å². The third-order valence-electron chi connectivity index (χ3n) is 2.35. The van der Waals surface area contributed by atoms with Crippen LogP contribution in [0.25, 0.3) is 0 Å². The summed E-state index contributed by atoms with van der Waals surface area (Å²) in [6.45, 7) is -0.890. The van der Waals surface area contributed by atoms with Gasteiger partial charge in [-0.25, -0.2) is 0 Å². The lowest BCUT2D eigenvalue weighted by Crippen LogP contribution is -2.41. The lowest BCUT2D eigenvalue weighted by atomic mass is 10.3. The Morgan fingerprint density at radius 2 is 1.75 bits per heavy atom. The number of rotatable bonds is 7. The van der Waals surface area contributed by atoms with E-state index in [4.69, 9.17) is 21.4 Å². The molecule has 0 bridgehead atoms. The van der Waals surface area contributed by atoms with Crippen LogP contribution in [0.1, 0.15) is 0 Å². The summed E-state index contributed by atoms with van der Waals surface area (Å²) >= 11 is 5.68. The minimum Gasteiger partial charge on any atom is -0.491 e. The zero-order valence-electron chi connectivity index (χ0n) is 10.4. The standard InChI is InChI=1S/C12H15ClF3NO3/c13-8-1-3-10(4-2-8)20-7-9(18)5-17-6-11(19)12(14,15)16/h1-4,9,11,17-19H,5-7H2. The second-order valence-corrected chi connectivity index (χ2v) is 4.57. The maximum absolute atomic E-state index is 12.0. The monoisotopic (exact) mass is 313 g/mol. The Morgan fingerprint density at radius 1 is 1.15 bits per heavy atom. The topological polar surface area (TPSA) is 61.7 Å². The van der Waals surface area contributed by atoms with Gasteiger partial charge in [-0.05, 0) is 24.3 Å². The van der Waals surface area contributed by atoms with Gasteiger partial charge in [-0.2, -0.15) is 13.2 Å². The molecule has 1 aromatic carbocycles. The third-order valence-corrected chi connectivity index (χ3v) is 2.60. The largest absolute Gasteiger partial charge is 0.491 e. The fourth-order valence-electron chi connectivity index (χ4n) is 1.28. The SMILES string of the molecule is OC(CNCC(O)C(F)(F)F)COc1ccc(Cl)cc1. The Kier molecular flexibility index (Phi) is 6.54. The van der Waals surface area contributed by atoms with E-state index in [1.54, 1.807) is 24.3 Å². The minimum absolute atomic E-state index is 0.0866. The molecule has 0 heterocycles. The zero-order valence-corrected chi connectivity index (χ0v) is 11.2. The van der Waals surface area contributed by atoms with Crippen molar-refractivity contribution in [3.05, 3.63) is 29.3 Å². The number of aliphatic hydroxyl groups is 2. The quantitative estimate of drug-likeness (QED) is 0.715. The first-order chi connectivity index (χ1) is 9.29. The molecule has 114 valence electrons. The van der Waals surface area contributed by atoms with Crippen molar-refractivity contribution in [1.82, 2.24) is 5.32 Å². The smallest absolute Gasteiger partial charge is 0.415 e. The number of alkyl halides is 3. The van der Waals surface area contributed by atoms with Crippen LogP contribution in [0.15, 0.2) is 24.3 Å². The Balaban J connectivity index is 2.20. The van der Waals surface area contributed by atoms with E-state index < -0.39 is 24.9 Å². The fourth-order valence-corrected chi connectivity index (χ4v) is 1.41. The Bertz CT molecular complexity index is 400. The van der Waals surface area contributed by atoms with Crippen molar-refractivity contribution in [2.45, 2.75) is 18.4 Å². The highest BCUT2D eigenvalue weighted by Crippen LogP contribution is 2.19. The predicted octanol–water partition coefficient (Wildman–Crippen LogP) is 1.59. The molecular weight excluding hydrogens is 299 g/mol. The van der Waals surface area contributed by atoms with Gasteiger partial charge in [-0.15, -0.1) is 0 Å². The summed E-state index contributed by atoms with van der Waals surface area (Å²) in [4.78, 5) is 0. The molecule has 0 fully saturated rings. The molecule has 0 aromatic heterocycles. The summed E-state index contributed by atoms with van der Waals surface area (Å²) in [6, 6.07) is 6.44. The van der Waals surface area contributed by atoms with Gasteiger partial charge in [0.1, 0.15) is 18.5 Å². The predicted molar refractivity (Wildman–Crippen MR) is 67.9 cm³/mol. The summed E-state index contributed by atoms with van der Waals surface area (Å²) in [7, 11) is 0. The normalized spacial score (nSPS) is 14.9. The molecule has 0 radical (unpaired) electrons. The number of aliphatic hydroxyl groups excluding tert-OH is 2. The lowest BCUT2D eigenvalue weighted by Gasteiger charge is -2.17. The van der Waals surface area contributed by atoms with E-state index in [-0.39, 0.29) is 13.2 Å². The fraction of sp³-hybridized carbons (Fsp3) is 0.500. The van der Waals surface area contributed by atoms with Crippen LogP contribution in [0.5, 0.6) is 5.75 Å². The van der Waals surface area contributed by atoms with Crippen LogP contribution in [0.3, 0.4) is 0 Å². The minimum atomic E-state index is -4.67. The van der Waals surface area contributed by atoms with Gasteiger partial charge in [0.15, 0.2) is 6.10 Å². The Morgan fingerprint density at radius 3 is 2.30 bits per heavy atom. The molecule has 0 amide bonds. The molecule has 2 atom stereocenters. The maximum atomic E-state index is 12.0. The van der Waals surface area contributed by atoms with Crippen LogP contribution in [0, 0.1) is 0 Å². The van der Waals surface area contributed by atoms with Gasteiger partial charge in [0.05, 0.1) is 0 Å². The maximum Gasteiger partial charge on any atom is 0.415 e. The highest BCUT2D eigenvalue weighted by Gasteiger charge is 2.37. The highest BCUT2D eigenvalue weighted by atomic mass is 35.5. The van der Waals surface area contributed by atoms with E-state index in [0.717, 1.165) is 0 Å². The zero-order chi connectivity index (χ0) is 15.2. The number of ether oxygens (including phenoxy) is 1. The molecule has 1 aromatic rings. The van der Waals surface area contributed by atoms with Crippen molar-refractivity contribution >= 4 is 11.6 Å².